The lowest BCUT2D eigenvalue weighted by Gasteiger charge is -2.16. The van der Waals surface area contributed by atoms with Crippen LogP contribution in [0.15, 0.2) is 4.47 Å². The third kappa shape index (κ3) is 3.08. The molecule has 0 fully saturated rings. The highest BCUT2D eigenvalue weighted by molar-refractivity contribution is 9.10. The number of hydrogen-bond donors (Lipinski definition) is 1. The van der Waals surface area contributed by atoms with Gasteiger partial charge in [-0.25, -0.2) is 0 Å². The van der Waals surface area contributed by atoms with Crippen LogP contribution < -0.4 is 5.32 Å². The van der Waals surface area contributed by atoms with E-state index in [1.54, 1.807) is 0 Å². The minimum absolute atomic E-state index is 0.544. The van der Waals surface area contributed by atoms with E-state index in [9.17, 15) is 0 Å². The van der Waals surface area contributed by atoms with E-state index in [1.165, 1.54) is 10.2 Å². The lowest BCUT2D eigenvalue weighted by Crippen LogP contribution is -2.31. The van der Waals surface area contributed by atoms with Crippen molar-refractivity contribution >= 4 is 15.9 Å². The van der Waals surface area contributed by atoms with Gasteiger partial charge >= 0.3 is 0 Å². The van der Waals surface area contributed by atoms with E-state index in [2.05, 4.69) is 51.8 Å². The first-order valence-electron chi connectivity index (χ1n) is 6.09. The SMILES string of the molecule is CCNC(CC)Cc1c(Br)c(C)nn1CC. The maximum absolute atomic E-state index is 4.52. The molecule has 16 heavy (non-hydrogen) atoms. The molecule has 1 rings (SSSR count). The van der Waals surface area contributed by atoms with Crippen molar-refractivity contribution in [3.63, 3.8) is 0 Å². The Hall–Kier alpha value is -0.350. The van der Waals surface area contributed by atoms with Crippen molar-refractivity contribution < 1.29 is 0 Å². The summed E-state index contributed by atoms with van der Waals surface area (Å²) < 4.78 is 3.27. The summed E-state index contributed by atoms with van der Waals surface area (Å²) in [5.74, 6) is 0. The van der Waals surface area contributed by atoms with Gasteiger partial charge in [0.25, 0.3) is 0 Å². The summed E-state index contributed by atoms with van der Waals surface area (Å²) >= 11 is 3.64. The average molecular weight is 288 g/mol. The molecule has 4 heteroatoms. The Morgan fingerprint density at radius 2 is 2.06 bits per heavy atom. The Kier molecular flexibility index (Phi) is 5.49. The second kappa shape index (κ2) is 6.40. The fraction of sp³-hybridized carbons (Fsp3) is 0.750. The van der Waals surface area contributed by atoms with Gasteiger partial charge in [0.2, 0.25) is 0 Å². The highest BCUT2D eigenvalue weighted by Crippen LogP contribution is 2.22. The molecule has 1 aromatic heterocycles. The summed E-state index contributed by atoms with van der Waals surface area (Å²) in [6, 6.07) is 0.544. The first-order valence-corrected chi connectivity index (χ1v) is 6.88. The standard InChI is InChI=1S/C12H22BrN3/c1-5-10(14-6-2)8-11-12(13)9(4)15-16(11)7-3/h10,14H,5-8H2,1-4H3. The van der Waals surface area contributed by atoms with Crippen LogP contribution in [0.4, 0.5) is 0 Å². The second-order valence-corrected chi connectivity index (χ2v) is 4.82. The molecule has 1 atom stereocenters. The number of likely N-dealkylation sites (N-methyl/N-ethyl adjacent to an activating group) is 1. The van der Waals surface area contributed by atoms with Gasteiger partial charge in [-0.05, 0) is 42.7 Å². The van der Waals surface area contributed by atoms with Gasteiger partial charge in [0.05, 0.1) is 15.9 Å². The van der Waals surface area contributed by atoms with E-state index < -0.39 is 0 Å². The Balaban J connectivity index is 2.85. The lowest BCUT2D eigenvalue weighted by molar-refractivity contribution is 0.486. The van der Waals surface area contributed by atoms with Crippen molar-refractivity contribution in [3.05, 3.63) is 15.9 Å². The third-order valence-corrected chi connectivity index (χ3v) is 3.91. The zero-order valence-electron chi connectivity index (χ0n) is 10.7. The van der Waals surface area contributed by atoms with Crippen LogP contribution in [0.5, 0.6) is 0 Å². The number of hydrogen-bond acceptors (Lipinski definition) is 2. The van der Waals surface area contributed by atoms with E-state index in [1.807, 2.05) is 6.92 Å². The monoisotopic (exact) mass is 287 g/mol. The smallest absolute Gasteiger partial charge is 0.0738 e. The molecule has 0 amide bonds. The van der Waals surface area contributed by atoms with Crippen molar-refractivity contribution in [2.24, 2.45) is 0 Å². The van der Waals surface area contributed by atoms with Crippen LogP contribution in [0.2, 0.25) is 0 Å². The summed E-state index contributed by atoms with van der Waals surface area (Å²) in [5.41, 5.74) is 2.40. The molecule has 1 unspecified atom stereocenters. The molecular formula is C12H22BrN3. The van der Waals surface area contributed by atoms with Gasteiger partial charge in [-0.2, -0.15) is 5.10 Å². The van der Waals surface area contributed by atoms with E-state index in [0.29, 0.717) is 6.04 Å². The van der Waals surface area contributed by atoms with E-state index in [0.717, 1.165) is 31.6 Å². The van der Waals surface area contributed by atoms with E-state index in [-0.39, 0.29) is 0 Å². The maximum Gasteiger partial charge on any atom is 0.0738 e. The molecule has 0 radical (unpaired) electrons. The molecule has 0 spiro atoms. The molecule has 0 bridgehead atoms. The summed E-state index contributed by atoms with van der Waals surface area (Å²) in [4.78, 5) is 0. The molecule has 0 saturated heterocycles. The number of aryl methyl sites for hydroxylation is 2. The number of aromatic nitrogens is 2. The topological polar surface area (TPSA) is 29.9 Å². The molecule has 0 aliphatic carbocycles. The summed E-state index contributed by atoms with van der Waals surface area (Å²) in [6.07, 6.45) is 2.19. The maximum atomic E-state index is 4.52. The van der Waals surface area contributed by atoms with Gasteiger partial charge < -0.3 is 5.32 Å². The van der Waals surface area contributed by atoms with Crippen LogP contribution in [-0.4, -0.2) is 22.4 Å². The zero-order chi connectivity index (χ0) is 12.1. The van der Waals surface area contributed by atoms with Gasteiger partial charge in [-0.1, -0.05) is 13.8 Å². The average Bonchev–Trinajstić information content (AvgIpc) is 2.55. The van der Waals surface area contributed by atoms with Crippen molar-refractivity contribution in [2.75, 3.05) is 6.54 Å². The van der Waals surface area contributed by atoms with Gasteiger partial charge in [-0.15, -0.1) is 0 Å². The van der Waals surface area contributed by atoms with E-state index >= 15 is 0 Å². The Morgan fingerprint density at radius 1 is 1.38 bits per heavy atom. The second-order valence-electron chi connectivity index (χ2n) is 4.03. The first-order chi connectivity index (χ1) is 7.63. The van der Waals surface area contributed by atoms with Crippen molar-refractivity contribution in [2.45, 2.75) is 53.1 Å². The van der Waals surface area contributed by atoms with Crippen molar-refractivity contribution in [1.29, 1.82) is 0 Å². The Morgan fingerprint density at radius 3 is 2.56 bits per heavy atom. The van der Waals surface area contributed by atoms with Gasteiger partial charge in [-0.3, -0.25) is 4.68 Å². The number of nitrogens with one attached hydrogen (secondary N) is 1. The minimum Gasteiger partial charge on any atom is -0.314 e. The molecular weight excluding hydrogens is 266 g/mol. The number of halogens is 1. The molecule has 0 aromatic carbocycles. The predicted molar refractivity (Wildman–Crippen MR) is 71.8 cm³/mol. The summed E-state index contributed by atoms with van der Waals surface area (Å²) in [5, 5.41) is 8.02. The van der Waals surface area contributed by atoms with Crippen LogP contribution in [0, 0.1) is 6.92 Å². The van der Waals surface area contributed by atoms with Gasteiger partial charge in [0.1, 0.15) is 0 Å². The third-order valence-electron chi connectivity index (χ3n) is 2.88. The van der Waals surface area contributed by atoms with Gasteiger partial charge in [0.15, 0.2) is 0 Å². The predicted octanol–water partition coefficient (Wildman–Crippen LogP) is 2.90. The minimum atomic E-state index is 0.544. The molecule has 0 saturated carbocycles. The lowest BCUT2D eigenvalue weighted by atomic mass is 10.1. The van der Waals surface area contributed by atoms with Crippen LogP contribution in [0.1, 0.15) is 38.6 Å². The molecule has 1 N–H and O–H groups in total. The molecule has 1 heterocycles. The molecule has 0 aliphatic rings. The summed E-state index contributed by atoms with van der Waals surface area (Å²) in [6.45, 7) is 10.5. The van der Waals surface area contributed by atoms with Crippen molar-refractivity contribution in [3.8, 4) is 0 Å². The normalized spacial score (nSPS) is 13.1. The largest absolute Gasteiger partial charge is 0.314 e. The Bertz CT molecular complexity index is 333. The fourth-order valence-corrected chi connectivity index (χ4v) is 2.39. The molecule has 92 valence electrons. The molecule has 1 aromatic rings. The van der Waals surface area contributed by atoms with Gasteiger partial charge in [0, 0.05) is 19.0 Å². The highest BCUT2D eigenvalue weighted by Gasteiger charge is 2.15. The highest BCUT2D eigenvalue weighted by atomic mass is 79.9. The molecule has 3 nitrogen and oxygen atoms in total. The van der Waals surface area contributed by atoms with Crippen LogP contribution in [0.25, 0.3) is 0 Å². The fourth-order valence-electron chi connectivity index (χ4n) is 1.95. The number of rotatable bonds is 6. The number of nitrogens with zero attached hydrogens (tertiary/aromatic N) is 2. The summed E-state index contributed by atoms with van der Waals surface area (Å²) in [7, 11) is 0. The Labute approximate surface area is 107 Å². The van der Waals surface area contributed by atoms with Crippen LogP contribution in [-0.2, 0) is 13.0 Å². The van der Waals surface area contributed by atoms with E-state index in [4.69, 9.17) is 0 Å². The van der Waals surface area contributed by atoms with Crippen LogP contribution >= 0.6 is 15.9 Å². The quantitative estimate of drug-likeness (QED) is 0.872. The van der Waals surface area contributed by atoms with Crippen molar-refractivity contribution in [1.82, 2.24) is 15.1 Å². The molecule has 0 aliphatic heterocycles. The first kappa shape index (κ1) is 13.7. The zero-order valence-corrected chi connectivity index (χ0v) is 12.3. The van der Waals surface area contributed by atoms with Crippen LogP contribution in [0.3, 0.4) is 0 Å².